The maximum Gasteiger partial charge on any atom is 0.339 e. The molecule has 0 radical (unpaired) electrons. The van der Waals surface area contributed by atoms with Crippen molar-refractivity contribution in [2.45, 2.75) is 11.3 Å². The van der Waals surface area contributed by atoms with Crippen LogP contribution in [0.15, 0.2) is 77.7 Å². The van der Waals surface area contributed by atoms with E-state index in [1.165, 1.54) is 37.4 Å². The van der Waals surface area contributed by atoms with Crippen molar-refractivity contribution >= 4 is 27.6 Å². The normalized spacial score (nSPS) is 10.9. The Morgan fingerprint density at radius 3 is 2.24 bits per heavy atom. The molecule has 0 fully saturated rings. The van der Waals surface area contributed by atoms with Gasteiger partial charge < -0.3 is 19.3 Å². The van der Waals surface area contributed by atoms with Crippen LogP contribution in [-0.4, -0.2) is 45.8 Å². The van der Waals surface area contributed by atoms with E-state index in [9.17, 15) is 18.0 Å². The van der Waals surface area contributed by atoms with E-state index in [1.54, 1.807) is 42.5 Å². The van der Waals surface area contributed by atoms with Gasteiger partial charge in [-0.2, -0.15) is 0 Å². The molecule has 0 unspecified atom stereocenters. The maximum absolute atomic E-state index is 12.8. The van der Waals surface area contributed by atoms with Crippen molar-refractivity contribution < 1.29 is 37.3 Å². The maximum atomic E-state index is 12.8. The van der Waals surface area contributed by atoms with Gasteiger partial charge in [0.1, 0.15) is 29.6 Å². The van der Waals surface area contributed by atoms with Crippen LogP contribution in [0, 0.1) is 0 Å². The molecule has 0 heterocycles. The van der Waals surface area contributed by atoms with Gasteiger partial charge >= 0.3 is 11.9 Å². The number of sulfonamides is 1. The zero-order chi connectivity index (χ0) is 24.6. The van der Waals surface area contributed by atoms with E-state index in [4.69, 9.17) is 14.6 Å². The fourth-order valence-electron chi connectivity index (χ4n) is 3.07. The van der Waals surface area contributed by atoms with Gasteiger partial charge in [0.25, 0.3) is 10.0 Å². The molecule has 0 amide bonds. The quantitative estimate of drug-likeness (QED) is 0.313. The third-order valence-electron chi connectivity index (χ3n) is 4.61. The van der Waals surface area contributed by atoms with Gasteiger partial charge in [0, 0.05) is 11.3 Å². The molecule has 0 saturated carbocycles. The number of methoxy groups -OCH3 is 1. The molecule has 10 heteroatoms. The minimum absolute atomic E-state index is 0.0672. The van der Waals surface area contributed by atoms with Crippen molar-refractivity contribution in [3.8, 4) is 11.5 Å². The van der Waals surface area contributed by atoms with Crippen LogP contribution < -0.4 is 14.2 Å². The highest BCUT2D eigenvalue weighted by Gasteiger charge is 2.22. The van der Waals surface area contributed by atoms with E-state index in [2.05, 4.69) is 9.46 Å². The first-order chi connectivity index (χ1) is 16.3. The van der Waals surface area contributed by atoms with Crippen LogP contribution in [-0.2, 0) is 26.0 Å². The Morgan fingerprint density at radius 1 is 0.882 bits per heavy atom. The number of anilines is 1. The van der Waals surface area contributed by atoms with Gasteiger partial charge in [-0.15, -0.1) is 0 Å². The molecule has 0 atom stereocenters. The molecule has 9 nitrogen and oxygen atoms in total. The second-order valence-corrected chi connectivity index (χ2v) is 8.64. The topological polar surface area (TPSA) is 128 Å². The average Bonchev–Trinajstić information content (AvgIpc) is 2.82. The summed E-state index contributed by atoms with van der Waals surface area (Å²) in [6.07, 6.45) is -0.140. The third-order valence-corrected chi connectivity index (χ3v) is 6.05. The monoisotopic (exact) mass is 485 g/mol. The lowest BCUT2D eigenvalue weighted by Crippen LogP contribution is -2.17. The summed E-state index contributed by atoms with van der Waals surface area (Å²) >= 11 is 0. The van der Waals surface area contributed by atoms with Gasteiger partial charge in [0.15, 0.2) is 0 Å². The van der Waals surface area contributed by atoms with Gasteiger partial charge in [0.05, 0.1) is 19.1 Å². The predicted molar refractivity (Wildman–Crippen MR) is 124 cm³/mol. The lowest BCUT2D eigenvalue weighted by atomic mass is 10.1. The third kappa shape index (κ3) is 6.48. The SMILES string of the molecule is COC(=O)c1ccccc1S(=O)(=O)Nc1ccc(OCCOc2ccccc2CC(=O)O)cc1. The van der Waals surface area contributed by atoms with Crippen LogP contribution in [0.2, 0.25) is 0 Å². The largest absolute Gasteiger partial charge is 0.490 e. The highest BCUT2D eigenvalue weighted by molar-refractivity contribution is 7.92. The van der Waals surface area contributed by atoms with Gasteiger partial charge in [-0.25, -0.2) is 13.2 Å². The summed E-state index contributed by atoms with van der Waals surface area (Å²) in [5.41, 5.74) is 0.786. The summed E-state index contributed by atoms with van der Waals surface area (Å²) in [6.45, 7) is 0.383. The first kappa shape index (κ1) is 24.6. The molecule has 2 N–H and O–H groups in total. The first-order valence-corrected chi connectivity index (χ1v) is 11.6. The average molecular weight is 486 g/mol. The Balaban J connectivity index is 1.57. The molecule has 0 aromatic heterocycles. The fraction of sp³-hybridized carbons (Fsp3) is 0.167. The second-order valence-electron chi connectivity index (χ2n) is 6.99. The van der Waals surface area contributed by atoms with E-state index in [1.807, 2.05) is 0 Å². The van der Waals surface area contributed by atoms with Crippen molar-refractivity contribution in [1.82, 2.24) is 0 Å². The Bertz CT molecular complexity index is 1260. The summed E-state index contributed by atoms with van der Waals surface area (Å²) in [6, 6.07) is 18.9. The van der Waals surface area contributed by atoms with E-state index in [0.717, 1.165) is 0 Å². The summed E-state index contributed by atoms with van der Waals surface area (Å²) in [7, 11) is -2.85. The van der Waals surface area contributed by atoms with E-state index in [-0.39, 0.29) is 35.8 Å². The van der Waals surface area contributed by atoms with Crippen LogP contribution in [0.1, 0.15) is 15.9 Å². The van der Waals surface area contributed by atoms with Gasteiger partial charge in [-0.05, 0) is 42.5 Å². The van der Waals surface area contributed by atoms with Crippen molar-refractivity contribution in [3.63, 3.8) is 0 Å². The molecule has 34 heavy (non-hydrogen) atoms. The summed E-state index contributed by atoms with van der Waals surface area (Å²) in [5, 5.41) is 8.98. The summed E-state index contributed by atoms with van der Waals surface area (Å²) < 4.78 is 43.8. The molecule has 0 spiro atoms. The number of carbonyl (C=O) groups is 2. The minimum atomic E-state index is -4.03. The highest BCUT2D eigenvalue weighted by atomic mass is 32.2. The Kier molecular flexibility index (Phi) is 8.10. The van der Waals surface area contributed by atoms with Crippen LogP contribution in [0.25, 0.3) is 0 Å². The van der Waals surface area contributed by atoms with E-state index >= 15 is 0 Å². The molecule has 178 valence electrons. The van der Waals surface area contributed by atoms with Crippen molar-refractivity contribution in [2.24, 2.45) is 0 Å². The molecule has 3 aromatic carbocycles. The molecule has 3 rings (SSSR count). The van der Waals surface area contributed by atoms with E-state index in [0.29, 0.717) is 17.1 Å². The van der Waals surface area contributed by atoms with Gasteiger partial charge in [-0.3, -0.25) is 9.52 Å². The number of ether oxygens (including phenoxy) is 3. The molecule has 0 bridgehead atoms. The number of hydrogen-bond acceptors (Lipinski definition) is 7. The lowest BCUT2D eigenvalue weighted by Gasteiger charge is -2.13. The predicted octanol–water partition coefficient (Wildman–Crippen LogP) is 3.36. The summed E-state index contributed by atoms with van der Waals surface area (Å²) in [4.78, 5) is 22.6. The molecule has 0 aliphatic rings. The van der Waals surface area contributed by atoms with Gasteiger partial charge in [0.2, 0.25) is 0 Å². The number of carboxylic acid groups (broad SMARTS) is 1. The van der Waals surface area contributed by atoms with Crippen LogP contribution >= 0.6 is 0 Å². The minimum Gasteiger partial charge on any atom is -0.490 e. The Labute approximate surface area is 197 Å². The number of nitrogens with one attached hydrogen (secondary N) is 1. The van der Waals surface area contributed by atoms with Crippen LogP contribution in [0.3, 0.4) is 0 Å². The smallest absolute Gasteiger partial charge is 0.339 e. The molecular weight excluding hydrogens is 462 g/mol. The molecular formula is C24H23NO8S. The Hall–Kier alpha value is -4.05. The second kappa shape index (κ2) is 11.2. The molecule has 0 aliphatic carbocycles. The van der Waals surface area contributed by atoms with Crippen molar-refractivity contribution in [2.75, 3.05) is 25.0 Å². The number of aliphatic carboxylic acids is 1. The molecule has 0 saturated heterocycles. The zero-order valence-electron chi connectivity index (χ0n) is 18.3. The molecule has 3 aromatic rings. The number of rotatable bonds is 11. The first-order valence-electron chi connectivity index (χ1n) is 10.2. The highest BCUT2D eigenvalue weighted by Crippen LogP contribution is 2.23. The number of hydrogen-bond donors (Lipinski definition) is 2. The van der Waals surface area contributed by atoms with Crippen molar-refractivity contribution in [1.29, 1.82) is 0 Å². The number of benzene rings is 3. The summed E-state index contributed by atoms with van der Waals surface area (Å²) in [5.74, 6) is -0.736. The molecule has 0 aliphatic heterocycles. The fourth-order valence-corrected chi connectivity index (χ4v) is 4.33. The van der Waals surface area contributed by atoms with Crippen LogP contribution in [0.5, 0.6) is 11.5 Å². The Morgan fingerprint density at radius 2 is 1.53 bits per heavy atom. The van der Waals surface area contributed by atoms with Gasteiger partial charge in [-0.1, -0.05) is 30.3 Å². The zero-order valence-corrected chi connectivity index (χ0v) is 19.1. The van der Waals surface area contributed by atoms with Crippen molar-refractivity contribution in [3.05, 3.63) is 83.9 Å². The number of carbonyl (C=O) groups excluding carboxylic acids is 1. The lowest BCUT2D eigenvalue weighted by molar-refractivity contribution is -0.136. The van der Waals surface area contributed by atoms with Crippen LogP contribution in [0.4, 0.5) is 5.69 Å². The number of esters is 1. The number of carboxylic acids is 1. The standard InChI is InChI=1S/C24H23NO8S/c1-31-24(28)20-7-3-5-9-22(20)34(29,30)25-18-10-12-19(13-11-18)32-14-15-33-21-8-4-2-6-17(21)16-23(26)27/h2-13,25H,14-16H2,1H3,(H,26,27). The van der Waals surface area contributed by atoms with E-state index < -0.39 is 22.0 Å². The number of para-hydroxylation sites is 1.